The van der Waals surface area contributed by atoms with Gasteiger partial charge in [0, 0.05) is 12.8 Å². The maximum absolute atomic E-state index is 13.4. The second-order valence-corrected chi connectivity index (χ2v) is 10.6. The van der Waals surface area contributed by atoms with Crippen LogP contribution in [0, 0.1) is 5.92 Å². The molecule has 0 aliphatic rings. The third kappa shape index (κ3) is 10.6. The Morgan fingerprint density at radius 3 is 1.87 bits per heavy atom. The number of carboxylic acid groups (broad SMARTS) is 1. The van der Waals surface area contributed by atoms with E-state index >= 15 is 0 Å². The number of phenols is 1. The van der Waals surface area contributed by atoms with Gasteiger partial charge in [-0.25, -0.2) is 4.79 Å². The normalized spacial score (nSPS) is 14.1. The molecular weight excluding hydrogens is 520 g/mol. The molecule has 7 N–H and O–H groups in total. The quantitative estimate of drug-likeness (QED) is 0.191. The first-order valence-electron chi connectivity index (χ1n) is 12.7. The van der Waals surface area contributed by atoms with E-state index in [-0.39, 0.29) is 24.5 Å². The molecule has 39 heavy (non-hydrogen) atoms. The number of aromatic hydroxyl groups is 1. The number of hydrogen-bond donors (Lipinski definition) is 6. The number of rotatable bonds is 15. The summed E-state index contributed by atoms with van der Waals surface area (Å²) in [6.45, 7) is 3.61. The molecule has 212 valence electrons. The number of carbonyl (C=O) groups excluding carboxylic acids is 3. The molecule has 4 unspecified atom stereocenters. The molecular formula is C28H38N4O6S. The van der Waals surface area contributed by atoms with Crippen molar-refractivity contribution in [3.63, 3.8) is 0 Å². The minimum atomic E-state index is -1.27. The van der Waals surface area contributed by atoms with Gasteiger partial charge in [-0.2, -0.15) is 11.8 Å². The fourth-order valence-electron chi connectivity index (χ4n) is 3.75. The van der Waals surface area contributed by atoms with Gasteiger partial charge >= 0.3 is 5.97 Å². The number of hydrogen-bond acceptors (Lipinski definition) is 7. The molecule has 0 bridgehead atoms. The molecule has 0 saturated heterocycles. The zero-order chi connectivity index (χ0) is 28.9. The van der Waals surface area contributed by atoms with Crippen LogP contribution in [0.15, 0.2) is 54.6 Å². The Morgan fingerprint density at radius 1 is 0.795 bits per heavy atom. The van der Waals surface area contributed by atoms with Crippen LogP contribution in [-0.4, -0.2) is 70.1 Å². The summed E-state index contributed by atoms with van der Waals surface area (Å²) in [5.41, 5.74) is 7.32. The van der Waals surface area contributed by atoms with Crippen LogP contribution >= 0.6 is 11.8 Å². The van der Waals surface area contributed by atoms with Crippen molar-refractivity contribution < 1.29 is 29.4 Å². The lowest BCUT2D eigenvalue weighted by Gasteiger charge is -2.26. The second-order valence-electron chi connectivity index (χ2n) is 9.63. The summed E-state index contributed by atoms with van der Waals surface area (Å²) in [5.74, 6) is -2.45. The van der Waals surface area contributed by atoms with Crippen molar-refractivity contribution in [1.29, 1.82) is 0 Å². The number of nitrogens with two attached hydrogens (primary N) is 1. The molecule has 0 aliphatic carbocycles. The molecule has 3 amide bonds. The van der Waals surface area contributed by atoms with Crippen molar-refractivity contribution in [2.45, 2.75) is 57.3 Å². The summed E-state index contributed by atoms with van der Waals surface area (Å²) >= 11 is 1.51. The van der Waals surface area contributed by atoms with Gasteiger partial charge in [-0.1, -0.05) is 56.3 Å². The lowest BCUT2D eigenvalue weighted by atomic mass is 10.0. The molecule has 0 saturated carbocycles. The van der Waals surface area contributed by atoms with E-state index in [1.54, 1.807) is 50.2 Å². The summed E-state index contributed by atoms with van der Waals surface area (Å²) < 4.78 is 0. The van der Waals surface area contributed by atoms with Gasteiger partial charge in [-0.15, -0.1) is 0 Å². The standard InChI is InChI=1S/C28H38N4O6S/c1-17(2)24(29)27(36)30-21(13-14-39-3)25(34)31-22(15-18-7-5-4-6-8-18)26(35)32-23(28(37)38)16-19-9-11-20(33)12-10-19/h4-12,17,21-24,33H,13-16,29H2,1-3H3,(H,30,36)(H,31,34)(H,32,35)(H,37,38). The fraction of sp³-hybridized carbons (Fsp3) is 0.429. The minimum Gasteiger partial charge on any atom is -0.508 e. The highest BCUT2D eigenvalue weighted by Crippen LogP contribution is 2.12. The second kappa shape index (κ2) is 15.7. The smallest absolute Gasteiger partial charge is 0.326 e. The van der Waals surface area contributed by atoms with Gasteiger partial charge in [0.1, 0.15) is 23.9 Å². The monoisotopic (exact) mass is 558 g/mol. The average molecular weight is 559 g/mol. The molecule has 4 atom stereocenters. The highest BCUT2D eigenvalue weighted by atomic mass is 32.2. The molecule has 0 fully saturated rings. The van der Waals surface area contributed by atoms with Crippen LogP contribution in [-0.2, 0) is 32.0 Å². The van der Waals surface area contributed by atoms with E-state index < -0.39 is 47.9 Å². The van der Waals surface area contributed by atoms with Crippen LogP contribution < -0.4 is 21.7 Å². The van der Waals surface area contributed by atoms with Crippen LogP contribution in [0.3, 0.4) is 0 Å². The molecule has 0 heterocycles. The largest absolute Gasteiger partial charge is 0.508 e. The highest BCUT2D eigenvalue weighted by molar-refractivity contribution is 7.98. The number of benzene rings is 2. The van der Waals surface area contributed by atoms with Gasteiger partial charge in [-0.3, -0.25) is 14.4 Å². The first-order valence-corrected chi connectivity index (χ1v) is 14.1. The van der Waals surface area contributed by atoms with Crippen molar-refractivity contribution in [2.75, 3.05) is 12.0 Å². The predicted octanol–water partition coefficient (Wildman–Crippen LogP) is 1.45. The lowest BCUT2D eigenvalue weighted by molar-refractivity contribution is -0.142. The van der Waals surface area contributed by atoms with E-state index in [0.29, 0.717) is 17.7 Å². The molecule has 2 aromatic carbocycles. The van der Waals surface area contributed by atoms with Gasteiger partial charge in [0.25, 0.3) is 0 Å². The Kier molecular flexibility index (Phi) is 12.8. The number of amides is 3. The first-order chi connectivity index (χ1) is 18.5. The van der Waals surface area contributed by atoms with Crippen LogP contribution in [0.5, 0.6) is 5.75 Å². The van der Waals surface area contributed by atoms with Gasteiger partial charge in [0.2, 0.25) is 17.7 Å². The topological polar surface area (TPSA) is 171 Å². The maximum Gasteiger partial charge on any atom is 0.326 e. The number of thioether (sulfide) groups is 1. The summed E-state index contributed by atoms with van der Waals surface area (Å²) in [4.78, 5) is 51.3. The SMILES string of the molecule is CSCCC(NC(=O)C(N)C(C)C)C(=O)NC(Cc1ccccc1)C(=O)NC(Cc1ccc(O)cc1)C(=O)O. The van der Waals surface area contributed by atoms with Crippen LogP contribution in [0.2, 0.25) is 0 Å². The Morgan fingerprint density at radius 2 is 1.31 bits per heavy atom. The fourth-order valence-corrected chi connectivity index (χ4v) is 4.22. The molecule has 0 spiro atoms. The number of aliphatic carboxylic acids is 1. The molecule has 0 aliphatic heterocycles. The Balaban J connectivity index is 2.24. The Labute approximate surface area is 233 Å². The molecule has 11 heteroatoms. The number of carboxylic acids is 1. The van der Waals surface area contributed by atoms with Crippen LogP contribution in [0.1, 0.15) is 31.4 Å². The van der Waals surface area contributed by atoms with E-state index in [0.717, 1.165) is 5.56 Å². The molecule has 0 radical (unpaired) electrons. The zero-order valence-corrected chi connectivity index (χ0v) is 23.2. The van der Waals surface area contributed by atoms with E-state index in [9.17, 15) is 29.4 Å². The molecule has 0 aromatic heterocycles. The lowest BCUT2D eigenvalue weighted by Crippen LogP contribution is -2.58. The molecule has 10 nitrogen and oxygen atoms in total. The Hall–Kier alpha value is -3.57. The molecule has 2 aromatic rings. The highest BCUT2D eigenvalue weighted by Gasteiger charge is 2.31. The summed E-state index contributed by atoms with van der Waals surface area (Å²) in [6.07, 6.45) is 2.29. The summed E-state index contributed by atoms with van der Waals surface area (Å²) in [6, 6.07) is 10.9. The Bertz CT molecular complexity index is 1100. The van der Waals surface area contributed by atoms with Crippen molar-refractivity contribution in [3.8, 4) is 5.75 Å². The zero-order valence-electron chi connectivity index (χ0n) is 22.4. The first kappa shape index (κ1) is 31.6. The van der Waals surface area contributed by atoms with E-state index in [1.807, 2.05) is 12.3 Å². The third-order valence-electron chi connectivity index (χ3n) is 6.17. The number of carbonyl (C=O) groups is 4. The van der Waals surface area contributed by atoms with Gasteiger partial charge < -0.3 is 31.9 Å². The van der Waals surface area contributed by atoms with E-state index in [1.165, 1.54) is 23.9 Å². The van der Waals surface area contributed by atoms with Crippen molar-refractivity contribution in [1.82, 2.24) is 16.0 Å². The van der Waals surface area contributed by atoms with Crippen molar-refractivity contribution in [2.24, 2.45) is 11.7 Å². The van der Waals surface area contributed by atoms with E-state index in [2.05, 4.69) is 16.0 Å². The van der Waals surface area contributed by atoms with Gasteiger partial charge in [-0.05, 0) is 47.6 Å². The minimum absolute atomic E-state index is 0.0210. The average Bonchev–Trinajstić information content (AvgIpc) is 2.91. The molecule has 2 rings (SSSR count). The summed E-state index contributed by atoms with van der Waals surface area (Å²) in [7, 11) is 0. The van der Waals surface area contributed by atoms with E-state index in [4.69, 9.17) is 5.73 Å². The van der Waals surface area contributed by atoms with Gasteiger partial charge in [0.15, 0.2) is 0 Å². The summed E-state index contributed by atoms with van der Waals surface area (Å²) in [5, 5.41) is 27.2. The maximum atomic E-state index is 13.4. The predicted molar refractivity (Wildman–Crippen MR) is 151 cm³/mol. The number of nitrogens with one attached hydrogen (secondary N) is 3. The third-order valence-corrected chi connectivity index (χ3v) is 6.81. The van der Waals surface area contributed by atoms with Crippen molar-refractivity contribution >= 4 is 35.5 Å². The van der Waals surface area contributed by atoms with Crippen molar-refractivity contribution in [3.05, 3.63) is 65.7 Å². The van der Waals surface area contributed by atoms with Crippen LogP contribution in [0.4, 0.5) is 0 Å². The number of phenolic OH excluding ortho intramolecular Hbond substituents is 1. The van der Waals surface area contributed by atoms with Gasteiger partial charge in [0.05, 0.1) is 6.04 Å². The van der Waals surface area contributed by atoms with Crippen LogP contribution in [0.25, 0.3) is 0 Å².